The van der Waals surface area contributed by atoms with Crippen LogP contribution < -0.4 is 5.32 Å². The van der Waals surface area contributed by atoms with E-state index in [-0.39, 0.29) is 0 Å². The highest BCUT2D eigenvalue weighted by molar-refractivity contribution is 4.86. The molecule has 14 heavy (non-hydrogen) atoms. The Morgan fingerprint density at radius 2 is 2.29 bits per heavy atom. The molecule has 0 spiro atoms. The van der Waals surface area contributed by atoms with E-state index in [1.165, 1.54) is 25.7 Å². The second-order valence-electron chi connectivity index (χ2n) is 5.39. The van der Waals surface area contributed by atoms with E-state index in [1.54, 1.807) is 0 Å². The van der Waals surface area contributed by atoms with Gasteiger partial charge in [-0.05, 0) is 31.6 Å². The standard InChI is InChI=1S/C12H22N2/c1-10(6-8-13)14-11-5-4-7-12(2,3)9-11/h10-11,14H,4-7,9H2,1-3H3. The van der Waals surface area contributed by atoms with Crippen LogP contribution in [0.15, 0.2) is 0 Å². The van der Waals surface area contributed by atoms with Crippen LogP contribution in [0.3, 0.4) is 0 Å². The van der Waals surface area contributed by atoms with Gasteiger partial charge in [-0.3, -0.25) is 0 Å². The molecular weight excluding hydrogens is 172 g/mol. The molecular formula is C12H22N2. The van der Waals surface area contributed by atoms with Gasteiger partial charge in [0.1, 0.15) is 0 Å². The molecule has 2 heteroatoms. The predicted molar refractivity (Wildman–Crippen MR) is 58.9 cm³/mol. The van der Waals surface area contributed by atoms with Gasteiger partial charge in [-0.2, -0.15) is 5.26 Å². The molecule has 1 fully saturated rings. The Bertz CT molecular complexity index is 215. The molecule has 1 saturated carbocycles. The molecule has 0 heterocycles. The molecule has 80 valence electrons. The summed E-state index contributed by atoms with van der Waals surface area (Å²) in [5.74, 6) is 0. The summed E-state index contributed by atoms with van der Waals surface area (Å²) < 4.78 is 0. The van der Waals surface area contributed by atoms with Crippen molar-refractivity contribution in [1.82, 2.24) is 5.32 Å². The van der Waals surface area contributed by atoms with Crippen LogP contribution in [0.1, 0.15) is 52.9 Å². The predicted octanol–water partition coefficient (Wildman–Crippen LogP) is 2.85. The minimum atomic E-state index is 0.346. The zero-order valence-electron chi connectivity index (χ0n) is 9.64. The lowest BCUT2D eigenvalue weighted by atomic mass is 9.75. The summed E-state index contributed by atoms with van der Waals surface area (Å²) in [6, 6.07) is 3.19. The first-order valence-electron chi connectivity index (χ1n) is 5.66. The fraction of sp³-hybridized carbons (Fsp3) is 0.917. The van der Waals surface area contributed by atoms with Crippen LogP contribution in [-0.4, -0.2) is 12.1 Å². The van der Waals surface area contributed by atoms with Crippen molar-refractivity contribution in [2.45, 2.75) is 65.0 Å². The summed E-state index contributed by atoms with van der Waals surface area (Å²) in [5.41, 5.74) is 0.488. The van der Waals surface area contributed by atoms with E-state index < -0.39 is 0 Å². The molecule has 2 atom stereocenters. The van der Waals surface area contributed by atoms with Gasteiger partial charge in [0.25, 0.3) is 0 Å². The molecule has 0 aromatic heterocycles. The molecule has 1 aliphatic carbocycles. The Hall–Kier alpha value is -0.550. The molecule has 1 rings (SSSR count). The molecule has 2 unspecified atom stereocenters. The van der Waals surface area contributed by atoms with Gasteiger partial charge < -0.3 is 5.32 Å². The molecule has 2 nitrogen and oxygen atoms in total. The lowest BCUT2D eigenvalue weighted by molar-refractivity contribution is 0.191. The smallest absolute Gasteiger partial charge is 0.0638 e. The quantitative estimate of drug-likeness (QED) is 0.750. The minimum Gasteiger partial charge on any atom is -0.310 e. The van der Waals surface area contributed by atoms with Gasteiger partial charge in [-0.25, -0.2) is 0 Å². The maximum absolute atomic E-state index is 8.58. The number of rotatable bonds is 3. The molecule has 0 radical (unpaired) electrons. The normalized spacial score (nSPS) is 28.0. The van der Waals surface area contributed by atoms with Gasteiger partial charge in [0.05, 0.1) is 12.5 Å². The first kappa shape index (κ1) is 11.5. The van der Waals surface area contributed by atoms with Crippen molar-refractivity contribution in [3.8, 4) is 6.07 Å². The van der Waals surface area contributed by atoms with E-state index in [2.05, 4.69) is 32.2 Å². The first-order chi connectivity index (χ1) is 6.53. The lowest BCUT2D eigenvalue weighted by Crippen LogP contribution is -2.41. The monoisotopic (exact) mass is 194 g/mol. The molecule has 1 aliphatic rings. The number of nitriles is 1. The van der Waals surface area contributed by atoms with Gasteiger partial charge in [-0.1, -0.05) is 20.3 Å². The average Bonchev–Trinajstić information content (AvgIpc) is 2.02. The van der Waals surface area contributed by atoms with Crippen LogP contribution in [0.5, 0.6) is 0 Å². The van der Waals surface area contributed by atoms with Crippen molar-refractivity contribution >= 4 is 0 Å². The van der Waals surface area contributed by atoms with E-state index in [0.717, 1.165) is 0 Å². The van der Waals surface area contributed by atoms with Crippen molar-refractivity contribution in [2.24, 2.45) is 5.41 Å². The second kappa shape index (κ2) is 4.79. The number of nitrogens with one attached hydrogen (secondary N) is 1. The van der Waals surface area contributed by atoms with Crippen molar-refractivity contribution < 1.29 is 0 Å². The zero-order valence-corrected chi connectivity index (χ0v) is 9.64. The maximum atomic E-state index is 8.58. The van der Waals surface area contributed by atoms with Crippen LogP contribution in [0.2, 0.25) is 0 Å². The Balaban J connectivity index is 2.35. The Morgan fingerprint density at radius 1 is 1.57 bits per heavy atom. The summed E-state index contributed by atoms with van der Waals surface area (Å²) in [4.78, 5) is 0. The number of hydrogen-bond acceptors (Lipinski definition) is 2. The van der Waals surface area contributed by atoms with Crippen LogP contribution in [0.25, 0.3) is 0 Å². The van der Waals surface area contributed by atoms with Crippen molar-refractivity contribution in [3.05, 3.63) is 0 Å². The highest BCUT2D eigenvalue weighted by Crippen LogP contribution is 2.35. The Morgan fingerprint density at radius 3 is 2.86 bits per heavy atom. The van der Waals surface area contributed by atoms with Crippen LogP contribution >= 0.6 is 0 Å². The Labute approximate surface area is 87.7 Å². The largest absolute Gasteiger partial charge is 0.310 e. The van der Waals surface area contributed by atoms with Crippen LogP contribution in [0.4, 0.5) is 0 Å². The van der Waals surface area contributed by atoms with Gasteiger partial charge >= 0.3 is 0 Å². The summed E-state index contributed by atoms with van der Waals surface area (Å²) in [6.07, 6.45) is 5.82. The molecule has 0 aliphatic heterocycles. The van der Waals surface area contributed by atoms with E-state index >= 15 is 0 Å². The molecule has 0 saturated heterocycles. The van der Waals surface area contributed by atoms with Crippen molar-refractivity contribution in [3.63, 3.8) is 0 Å². The van der Waals surface area contributed by atoms with Crippen LogP contribution in [-0.2, 0) is 0 Å². The summed E-state index contributed by atoms with van der Waals surface area (Å²) in [5, 5.41) is 12.1. The summed E-state index contributed by atoms with van der Waals surface area (Å²) in [6.45, 7) is 6.79. The van der Waals surface area contributed by atoms with E-state index in [9.17, 15) is 0 Å². The SMILES string of the molecule is CC(CC#N)NC1CCCC(C)(C)C1. The molecule has 1 N–H and O–H groups in total. The van der Waals surface area contributed by atoms with E-state index in [0.29, 0.717) is 23.9 Å². The highest BCUT2D eigenvalue weighted by Gasteiger charge is 2.28. The molecule has 0 amide bonds. The second-order valence-corrected chi connectivity index (χ2v) is 5.39. The average molecular weight is 194 g/mol. The lowest BCUT2D eigenvalue weighted by Gasteiger charge is -2.36. The zero-order chi connectivity index (χ0) is 10.6. The summed E-state index contributed by atoms with van der Waals surface area (Å²) >= 11 is 0. The van der Waals surface area contributed by atoms with Crippen molar-refractivity contribution in [2.75, 3.05) is 0 Å². The third-order valence-electron chi connectivity index (χ3n) is 3.12. The Kier molecular flexibility index (Phi) is 3.95. The van der Waals surface area contributed by atoms with Gasteiger partial charge in [0.2, 0.25) is 0 Å². The molecule has 0 bridgehead atoms. The van der Waals surface area contributed by atoms with Gasteiger partial charge in [-0.15, -0.1) is 0 Å². The fourth-order valence-electron chi connectivity index (χ4n) is 2.44. The maximum Gasteiger partial charge on any atom is 0.0638 e. The first-order valence-corrected chi connectivity index (χ1v) is 5.66. The van der Waals surface area contributed by atoms with Gasteiger partial charge in [0, 0.05) is 12.1 Å². The van der Waals surface area contributed by atoms with E-state index in [1.807, 2.05) is 0 Å². The third-order valence-corrected chi connectivity index (χ3v) is 3.12. The minimum absolute atomic E-state index is 0.346. The van der Waals surface area contributed by atoms with E-state index in [4.69, 9.17) is 5.26 Å². The van der Waals surface area contributed by atoms with Gasteiger partial charge in [0.15, 0.2) is 0 Å². The van der Waals surface area contributed by atoms with Crippen LogP contribution in [0, 0.1) is 16.7 Å². The molecule has 0 aromatic carbocycles. The molecule has 0 aromatic rings. The highest BCUT2D eigenvalue weighted by atomic mass is 14.9. The number of nitrogens with zero attached hydrogens (tertiary/aromatic N) is 1. The number of hydrogen-bond donors (Lipinski definition) is 1. The third kappa shape index (κ3) is 3.67. The summed E-state index contributed by atoms with van der Waals surface area (Å²) in [7, 11) is 0. The fourth-order valence-corrected chi connectivity index (χ4v) is 2.44. The van der Waals surface area contributed by atoms with Crippen molar-refractivity contribution in [1.29, 1.82) is 5.26 Å². The topological polar surface area (TPSA) is 35.8 Å².